The average Bonchev–Trinajstić information content (AvgIpc) is 2.39. The van der Waals surface area contributed by atoms with Crippen molar-refractivity contribution in [2.45, 2.75) is 50.3 Å². The molecule has 0 bridgehead atoms. The quantitative estimate of drug-likeness (QED) is 0.802. The molecule has 0 unspecified atom stereocenters. The molecule has 114 valence electrons. The molecule has 0 atom stereocenters. The van der Waals surface area contributed by atoms with Crippen molar-refractivity contribution in [3.05, 3.63) is 23.8 Å². The summed E-state index contributed by atoms with van der Waals surface area (Å²) in [6, 6.07) is 5.45. The van der Waals surface area contributed by atoms with Gasteiger partial charge in [-0.25, -0.2) is 4.79 Å². The molecule has 5 heteroatoms. The van der Waals surface area contributed by atoms with Crippen LogP contribution in [0.5, 0.6) is 0 Å². The number of esters is 1. The SMILES string of the molecule is CCOC(=O)c1ccc2c(c1)SC(C)(C)C(=O)N2C(C)C. The van der Waals surface area contributed by atoms with Gasteiger partial charge in [-0.1, -0.05) is 0 Å². The molecule has 0 aromatic heterocycles. The molecular formula is C16H21NO3S. The summed E-state index contributed by atoms with van der Waals surface area (Å²) in [5.41, 5.74) is 1.39. The summed E-state index contributed by atoms with van der Waals surface area (Å²) in [7, 11) is 0. The number of ether oxygens (including phenoxy) is 1. The maximum absolute atomic E-state index is 12.6. The number of carbonyl (C=O) groups excluding carboxylic acids is 2. The first-order chi connectivity index (χ1) is 9.77. The maximum atomic E-state index is 12.6. The average molecular weight is 307 g/mol. The van der Waals surface area contributed by atoms with E-state index in [0.717, 1.165) is 10.6 Å². The van der Waals surface area contributed by atoms with Gasteiger partial charge in [0.05, 0.1) is 22.6 Å². The van der Waals surface area contributed by atoms with Gasteiger partial charge in [0.2, 0.25) is 5.91 Å². The van der Waals surface area contributed by atoms with Crippen LogP contribution in [-0.4, -0.2) is 29.3 Å². The first-order valence-corrected chi connectivity index (χ1v) is 7.93. The topological polar surface area (TPSA) is 46.6 Å². The zero-order chi connectivity index (χ0) is 15.8. The number of anilines is 1. The van der Waals surface area contributed by atoms with Crippen molar-refractivity contribution < 1.29 is 14.3 Å². The minimum absolute atomic E-state index is 0.0740. The highest BCUT2D eigenvalue weighted by molar-refractivity contribution is 8.01. The lowest BCUT2D eigenvalue weighted by atomic mass is 10.1. The predicted octanol–water partition coefficient (Wildman–Crippen LogP) is 3.49. The molecule has 0 fully saturated rings. The summed E-state index contributed by atoms with van der Waals surface area (Å²) >= 11 is 1.49. The molecule has 4 nitrogen and oxygen atoms in total. The Morgan fingerprint density at radius 3 is 2.62 bits per heavy atom. The van der Waals surface area contributed by atoms with E-state index in [1.165, 1.54) is 11.8 Å². The molecule has 1 aliphatic rings. The Bertz CT molecular complexity index is 581. The molecule has 0 aliphatic carbocycles. The molecule has 0 saturated heterocycles. The lowest BCUT2D eigenvalue weighted by Crippen LogP contribution is -2.49. The van der Waals surface area contributed by atoms with Gasteiger partial charge in [0.15, 0.2) is 0 Å². The van der Waals surface area contributed by atoms with E-state index in [9.17, 15) is 9.59 Å². The Morgan fingerprint density at radius 1 is 1.38 bits per heavy atom. The molecule has 1 amide bonds. The van der Waals surface area contributed by atoms with Crippen LogP contribution in [0.25, 0.3) is 0 Å². The third-order valence-corrected chi connectivity index (χ3v) is 4.58. The first kappa shape index (κ1) is 15.9. The molecule has 1 heterocycles. The van der Waals surface area contributed by atoms with E-state index in [0.29, 0.717) is 12.2 Å². The highest BCUT2D eigenvalue weighted by Crippen LogP contribution is 2.46. The van der Waals surface area contributed by atoms with Crippen LogP contribution in [-0.2, 0) is 9.53 Å². The number of hydrogen-bond donors (Lipinski definition) is 0. The van der Waals surface area contributed by atoms with Crippen molar-refractivity contribution in [3.8, 4) is 0 Å². The van der Waals surface area contributed by atoms with Gasteiger partial charge in [-0.05, 0) is 52.8 Å². The summed E-state index contributed by atoms with van der Waals surface area (Å²) < 4.78 is 4.50. The van der Waals surface area contributed by atoms with E-state index in [-0.39, 0.29) is 17.9 Å². The first-order valence-electron chi connectivity index (χ1n) is 7.11. The fourth-order valence-corrected chi connectivity index (χ4v) is 3.56. The molecule has 0 saturated carbocycles. The van der Waals surface area contributed by atoms with Crippen LogP contribution >= 0.6 is 11.8 Å². The molecule has 0 spiro atoms. The second-order valence-corrected chi connectivity index (χ2v) is 7.45. The normalized spacial score (nSPS) is 16.9. The summed E-state index contributed by atoms with van der Waals surface area (Å²) in [5, 5.41) is 0. The Morgan fingerprint density at radius 2 is 2.05 bits per heavy atom. The van der Waals surface area contributed by atoms with E-state index in [1.54, 1.807) is 17.9 Å². The van der Waals surface area contributed by atoms with Crippen molar-refractivity contribution in [2.75, 3.05) is 11.5 Å². The lowest BCUT2D eigenvalue weighted by molar-refractivity contribution is -0.120. The summed E-state index contributed by atoms with van der Waals surface area (Å²) in [6.45, 7) is 9.95. The van der Waals surface area contributed by atoms with Crippen LogP contribution < -0.4 is 4.90 Å². The standard InChI is InChI=1S/C16H21NO3S/c1-6-20-14(18)11-7-8-12-13(9-11)21-16(4,5)15(19)17(12)10(2)3/h7-10H,6H2,1-5H3. The number of hydrogen-bond acceptors (Lipinski definition) is 4. The fourth-order valence-electron chi connectivity index (χ4n) is 2.37. The summed E-state index contributed by atoms with van der Waals surface area (Å²) in [5.74, 6) is -0.231. The van der Waals surface area contributed by atoms with Gasteiger partial charge in [0, 0.05) is 10.9 Å². The Hall–Kier alpha value is -1.49. The van der Waals surface area contributed by atoms with Crippen molar-refractivity contribution in [1.82, 2.24) is 0 Å². The number of thioether (sulfide) groups is 1. The summed E-state index contributed by atoms with van der Waals surface area (Å²) in [6.07, 6.45) is 0. The summed E-state index contributed by atoms with van der Waals surface area (Å²) in [4.78, 5) is 27.2. The molecular weight excluding hydrogens is 286 g/mol. The monoisotopic (exact) mass is 307 g/mol. The number of fused-ring (bicyclic) bond motifs is 1. The minimum atomic E-state index is -0.537. The highest BCUT2D eigenvalue weighted by atomic mass is 32.2. The predicted molar refractivity (Wildman–Crippen MR) is 85.0 cm³/mol. The smallest absolute Gasteiger partial charge is 0.338 e. The van der Waals surface area contributed by atoms with Crippen LogP contribution in [0.2, 0.25) is 0 Å². The Balaban J connectivity index is 2.48. The van der Waals surface area contributed by atoms with E-state index >= 15 is 0 Å². The van der Waals surface area contributed by atoms with E-state index < -0.39 is 4.75 Å². The Labute approximate surface area is 129 Å². The van der Waals surface area contributed by atoms with Crippen molar-refractivity contribution in [3.63, 3.8) is 0 Å². The molecule has 1 aromatic rings. The van der Waals surface area contributed by atoms with Crippen LogP contribution in [0.3, 0.4) is 0 Å². The third-order valence-electron chi connectivity index (χ3n) is 3.35. The van der Waals surface area contributed by atoms with Gasteiger partial charge in [-0.3, -0.25) is 4.79 Å². The number of nitrogens with zero attached hydrogens (tertiary/aromatic N) is 1. The number of benzene rings is 1. The van der Waals surface area contributed by atoms with Crippen molar-refractivity contribution >= 4 is 29.3 Å². The van der Waals surface area contributed by atoms with Crippen LogP contribution in [0, 0.1) is 0 Å². The van der Waals surface area contributed by atoms with Gasteiger partial charge < -0.3 is 9.64 Å². The van der Waals surface area contributed by atoms with Gasteiger partial charge in [0.25, 0.3) is 0 Å². The zero-order valence-electron chi connectivity index (χ0n) is 13.1. The highest BCUT2D eigenvalue weighted by Gasteiger charge is 2.41. The molecule has 0 N–H and O–H groups in total. The largest absolute Gasteiger partial charge is 0.462 e. The van der Waals surface area contributed by atoms with Crippen molar-refractivity contribution in [2.24, 2.45) is 0 Å². The molecule has 1 aliphatic heterocycles. The van der Waals surface area contributed by atoms with Gasteiger partial charge in [-0.15, -0.1) is 11.8 Å². The molecule has 2 rings (SSSR count). The van der Waals surface area contributed by atoms with Crippen LogP contribution in [0.1, 0.15) is 45.0 Å². The van der Waals surface area contributed by atoms with E-state index in [1.807, 2.05) is 39.8 Å². The van der Waals surface area contributed by atoms with Crippen LogP contribution in [0.4, 0.5) is 5.69 Å². The molecule has 0 radical (unpaired) electrons. The van der Waals surface area contributed by atoms with E-state index in [4.69, 9.17) is 4.74 Å². The fraction of sp³-hybridized carbons (Fsp3) is 0.500. The second kappa shape index (κ2) is 5.72. The van der Waals surface area contributed by atoms with E-state index in [2.05, 4.69) is 0 Å². The minimum Gasteiger partial charge on any atom is -0.462 e. The number of rotatable bonds is 3. The van der Waals surface area contributed by atoms with Gasteiger partial charge in [-0.2, -0.15) is 0 Å². The van der Waals surface area contributed by atoms with Crippen molar-refractivity contribution in [1.29, 1.82) is 0 Å². The number of amides is 1. The second-order valence-electron chi connectivity index (χ2n) is 5.78. The molecule has 1 aromatic carbocycles. The van der Waals surface area contributed by atoms with Gasteiger partial charge in [0.1, 0.15) is 0 Å². The lowest BCUT2D eigenvalue weighted by Gasteiger charge is -2.40. The number of carbonyl (C=O) groups is 2. The van der Waals surface area contributed by atoms with Crippen LogP contribution in [0.15, 0.2) is 23.1 Å². The zero-order valence-corrected chi connectivity index (χ0v) is 13.9. The third kappa shape index (κ3) is 2.93. The van der Waals surface area contributed by atoms with Gasteiger partial charge >= 0.3 is 5.97 Å². The Kier molecular flexibility index (Phi) is 4.33. The maximum Gasteiger partial charge on any atom is 0.338 e. The molecule has 21 heavy (non-hydrogen) atoms.